The molecule has 0 aromatic heterocycles. The molecule has 0 bridgehead atoms. The minimum absolute atomic E-state index is 0.278. The maximum atomic E-state index is 11.9. The van der Waals surface area contributed by atoms with Gasteiger partial charge in [0.1, 0.15) is 0 Å². The van der Waals surface area contributed by atoms with E-state index in [4.69, 9.17) is 0 Å². The predicted molar refractivity (Wildman–Crippen MR) is 68.9 cm³/mol. The average Bonchev–Trinajstić information content (AvgIpc) is 3.19. The van der Waals surface area contributed by atoms with Gasteiger partial charge in [0.25, 0.3) is 0 Å². The Bertz CT molecular complexity index is 257. The molecule has 1 amide bonds. The van der Waals surface area contributed by atoms with Crippen LogP contribution < -0.4 is 5.32 Å². The molecule has 1 unspecified atom stereocenters. The maximum absolute atomic E-state index is 11.9. The molecule has 0 radical (unpaired) electrons. The van der Waals surface area contributed by atoms with Gasteiger partial charge in [-0.05, 0) is 26.2 Å². The number of carbonyl (C=O) groups is 1. The van der Waals surface area contributed by atoms with Crippen LogP contribution in [0.15, 0.2) is 0 Å². The lowest BCUT2D eigenvalue weighted by atomic mass is 10.2. The summed E-state index contributed by atoms with van der Waals surface area (Å²) in [6.07, 6.45) is 3.68. The third-order valence-electron chi connectivity index (χ3n) is 4.00. The Morgan fingerprint density at radius 2 is 1.94 bits per heavy atom. The van der Waals surface area contributed by atoms with Crippen molar-refractivity contribution in [1.29, 1.82) is 0 Å². The molecule has 1 saturated carbocycles. The Balaban J connectivity index is 1.68. The van der Waals surface area contributed by atoms with Gasteiger partial charge < -0.3 is 10.2 Å². The normalized spacial score (nSPS) is 23.8. The largest absolute Gasteiger partial charge is 0.339 e. The van der Waals surface area contributed by atoms with Crippen LogP contribution in [0.3, 0.4) is 0 Å². The molecular formula is C13H25N3O. The van der Waals surface area contributed by atoms with Crippen LogP contribution in [-0.2, 0) is 4.79 Å². The van der Waals surface area contributed by atoms with E-state index in [0.29, 0.717) is 18.6 Å². The zero-order chi connectivity index (χ0) is 12.3. The first-order valence-electron chi connectivity index (χ1n) is 6.96. The molecule has 2 rings (SSSR count). The van der Waals surface area contributed by atoms with E-state index in [0.717, 1.165) is 26.2 Å². The van der Waals surface area contributed by atoms with Gasteiger partial charge in [-0.25, -0.2) is 0 Å². The molecule has 2 fully saturated rings. The third kappa shape index (κ3) is 3.68. The van der Waals surface area contributed by atoms with Gasteiger partial charge >= 0.3 is 0 Å². The highest BCUT2D eigenvalue weighted by Gasteiger charge is 2.25. The standard InChI is InChI=1S/C13H25N3O/c1-3-11(2)15-6-8-16(9-7-15)13(17)10-14-12-4-5-12/h11-12,14H,3-10H2,1-2H3. The zero-order valence-electron chi connectivity index (χ0n) is 11.1. The summed E-state index contributed by atoms with van der Waals surface area (Å²) in [6, 6.07) is 1.28. The summed E-state index contributed by atoms with van der Waals surface area (Å²) in [7, 11) is 0. The maximum Gasteiger partial charge on any atom is 0.236 e. The van der Waals surface area contributed by atoms with Gasteiger partial charge in [-0.3, -0.25) is 9.69 Å². The lowest BCUT2D eigenvalue weighted by Crippen LogP contribution is -2.52. The third-order valence-corrected chi connectivity index (χ3v) is 4.00. The monoisotopic (exact) mass is 239 g/mol. The van der Waals surface area contributed by atoms with Crippen molar-refractivity contribution >= 4 is 5.91 Å². The topological polar surface area (TPSA) is 35.6 Å². The number of piperazine rings is 1. The van der Waals surface area contributed by atoms with E-state index in [1.807, 2.05) is 4.90 Å². The SMILES string of the molecule is CCC(C)N1CCN(C(=O)CNC2CC2)CC1. The zero-order valence-corrected chi connectivity index (χ0v) is 11.1. The molecule has 1 saturated heterocycles. The summed E-state index contributed by atoms with van der Waals surface area (Å²) in [5, 5.41) is 3.29. The number of hydrogen-bond donors (Lipinski definition) is 1. The Labute approximate surface area is 104 Å². The molecule has 1 aliphatic carbocycles. The average molecular weight is 239 g/mol. The molecule has 0 spiro atoms. The Morgan fingerprint density at radius 1 is 1.29 bits per heavy atom. The van der Waals surface area contributed by atoms with Crippen molar-refractivity contribution in [2.75, 3.05) is 32.7 Å². The van der Waals surface area contributed by atoms with Gasteiger partial charge in [0.2, 0.25) is 5.91 Å². The summed E-state index contributed by atoms with van der Waals surface area (Å²) < 4.78 is 0. The molecule has 17 heavy (non-hydrogen) atoms. The second-order valence-electron chi connectivity index (χ2n) is 5.33. The van der Waals surface area contributed by atoms with Crippen molar-refractivity contribution in [2.45, 2.75) is 45.2 Å². The first-order valence-corrected chi connectivity index (χ1v) is 6.96. The highest BCUT2D eigenvalue weighted by molar-refractivity contribution is 5.78. The number of amides is 1. The second kappa shape index (κ2) is 5.83. The molecule has 1 atom stereocenters. The van der Waals surface area contributed by atoms with Crippen LogP contribution >= 0.6 is 0 Å². The molecule has 0 aromatic rings. The first kappa shape index (κ1) is 12.8. The minimum Gasteiger partial charge on any atom is -0.339 e. The predicted octanol–water partition coefficient (Wildman–Crippen LogP) is 0.681. The highest BCUT2D eigenvalue weighted by atomic mass is 16.2. The van der Waals surface area contributed by atoms with Gasteiger partial charge in [0.15, 0.2) is 0 Å². The van der Waals surface area contributed by atoms with Crippen LogP contribution in [-0.4, -0.2) is 60.5 Å². The summed E-state index contributed by atoms with van der Waals surface area (Å²) in [4.78, 5) is 16.4. The van der Waals surface area contributed by atoms with Gasteiger partial charge in [0, 0.05) is 38.3 Å². The van der Waals surface area contributed by atoms with Crippen LogP contribution in [0.5, 0.6) is 0 Å². The van der Waals surface area contributed by atoms with E-state index >= 15 is 0 Å². The lowest BCUT2D eigenvalue weighted by molar-refractivity contribution is -0.132. The van der Waals surface area contributed by atoms with E-state index in [9.17, 15) is 4.79 Å². The smallest absolute Gasteiger partial charge is 0.236 e. The van der Waals surface area contributed by atoms with E-state index in [-0.39, 0.29) is 5.91 Å². The summed E-state index contributed by atoms with van der Waals surface area (Å²) >= 11 is 0. The first-order chi connectivity index (χ1) is 8.20. The Kier molecular flexibility index (Phi) is 4.40. The van der Waals surface area contributed by atoms with Crippen molar-refractivity contribution in [2.24, 2.45) is 0 Å². The van der Waals surface area contributed by atoms with Gasteiger partial charge in [0.05, 0.1) is 6.54 Å². The number of nitrogens with one attached hydrogen (secondary N) is 1. The number of carbonyl (C=O) groups excluding carboxylic acids is 1. The molecular weight excluding hydrogens is 214 g/mol. The van der Waals surface area contributed by atoms with Crippen LogP contribution in [0.1, 0.15) is 33.1 Å². The van der Waals surface area contributed by atoms with Crippen LogP contribution in [0.25, 0.3) is 0 Å². The van der Waals surface area contributed by atoms with E-state index in [1.165, 1.54) is 19.3 Å². The summed E-state index contributed by atoms with van der Waals surface area (Å²) in [6.45, 7) is 8.89. The molecule has 4 nitrogen and oxygen atoms in total. The van der Waals surface area contributed by atoms with Crippen molar-refractivity contribution in [3.63, 3.8) is 0 Å². The molecule has 2 aliphatic rings. The molecule has 98 valence electrons. The fraction of sp³-hybridized carbons (Fsp3) is 0.923. The molecule has 4 heteroatoms. The van der Waals surface area contributed by atoms with Crippen LogP contribution in [0, 0.1) is 0 Å². The molecule has 0 aromatic carbocycles. The fourth-order valence-corrected chi connectivity index (χ4v) is 2.30. The van der Waals surface area contributed by atoms with Crippen LogP contribution in [0.4, 0.5) is 0 Å². The van der Waals surface area contributed by atoms with Crippen LogP contribution in [0.2, 0.25) is 0 Å². The van der Waals surface area contributed by atoms with Crippen molar-refractivity contribution in [3.05, 3.63) is 0 Å². The molecule has 1 heterocycles. The summed E-state index contributed by atoms with van der Waals surface area (Å²) in [5.41, 5.74) is 0. The van der Waals surface area contributed by atoms with Crippen molar-refractivity contribution < 1.29 is 4.79 Å². The second-order valence-corrected chi connectivity index (χ2v) is 5.33. The number of nitrogens with zero attached hydrogens (tertiary/aromatic N) is 2. The lowest BCUT2D eigenvalue weighted by Gasteiger charge is -2.37. The Hall–Kier alpha value is -0.610. The van der Waals surface area contributed by atoms with Gasteiger partial charge in [-0.2, -0.15) is 0 Å². The van der Waals surface area contributed by atoms with Crippen molar-refractivity contribution in [3.8, 4) is 0 Å². The fourth-order valence-electron chi connectivity index (χ4n) is 2.30. The summed E-state index contributed by atoms with van der Waals surface area (Å²) in [5.74, 6) is 0.278. The number of hydrogen-bond acceptors (Lipinski definition) is 3. The quantitative estimate of drug-likeness (QED) is 0.766. The molecule has 1 N–H and O–H groups in total. The van der Waals surface area contributed by atoms with E-state index in [2.05, 4.69) is 24.1 Å². The van der Waals surface area contributed by atoms with E-state index in [1.54, 1.807) is 0 Å². The Morgan fingerprint density at radius 3 is 2.47 bits per heavy atom. The number of rotatable bonds is 5. The van der Waals surface area contributed by atoms with Gasteiger partial charge in [-0.1, -0.05) is 6.92 Å². The molecule has 1 aliphatic heterocycles. The highest BCUT2D eigenvalue weighted by Crippen LogP contribution is 2.18. The van der Waals surface area contributed by atoms with Gasteiger partial charge in [-0.15, -0.1) is 0 Å². The minimum atomic E-state index is 0.278. The van der Waals surface area contributed by atoms with Crippen molar-refractivity contribution in [1.82, 2.24) is 15.1 Å². The van der Waals surface area contributed by atoms with E-state index < -0.39 is 0 Å².